The summed E-state index contributed by atoms with van der Waals surface area (Å²) < 4.78 is 40.1. The van der Waals surface area contributed by atoms with E-state index >= 15 is 0 Å². The summed E-state index contributed by atoms with van der Waals surface area (Å²) in [6, 6.07) is 3.99. The summed E-state index contributed by atoms with van der Waals surface area (Å²) in [5.74, 6) is -0.519. The van der Waals surface area contributed by atoms with Crippen LogP contribution >= 0.6 is 15.9 Å². The molecule has 14 heavy (non-hydrogen) atoms. The van der Waals surface area contributed by atoms with Crippen LogP contribution in [0.1, 0.15) is 0 Å². The highest BCUT2D eigenvalue weighted by molar-refractivity contribution is 9.10. The maximum Gasteiger partial charge on any atom is 0.422 e. The molecule has 0 spiro atoms. The van der Waals surface area contributed by atoms with Gasteiger partial charge in [-0.15, -0.1) is 0 Å². The second kappa shape index (κ2) is 4.08. The molecule has 0 aliphatic heterocycles. The monoisotopic (exact) mass is 270 g/mol. The van der Waals surface area contributed by atoms with E-state index in [0.717, 1.165) is 0 Å². The smallest absolute Gasteiger partial charge is 0.422 e. The van der Waals surface area contributed by atoms with Gasteiger partial charge in [0.25, 0.3) is 0 Å². The van der Waals surface area contributed by atoms with Crippen molar-refractivity contribution >= 4 is 15.9 Å². The molecule has 6 heteroatoms. The van der Waals surface area contributed by atoms with Gasteiger partial charge in [-0.05, 0) is 18.2 Å². The Balaban J connectivity index is 2.68. The minimum Gasteiger partial charge on any atom is -0.504 e. The number of aromatic hydroxyl groups is 1. The largest absolute Gasteiger partial charge is 0.504 e. The molecule has 2 nitrogen and oxygen atoms in total. The van der Waals surface area contributed by atoms with E-state index in [1.807, 2.05) is 0 Å². The van der Waals surface area contributed by atoms with E-state index in [1.165, 1.54) is 18.2 Å². The van der Waals surface area contributed by atoms with Crippen LogP contribution in [-0.4, -0.2) is 17.9 Å². The van der Waals surface area contributed by atoms with Crippen molar-refractivity contribution < 1.29 is 23.0 Å². The Labute approximate surface area is 86.4 Å². The first-order valence-electron chi connectivity index (χ1n) is 3.56. The summed E-state index contributed by atoms with van der Waals surface area (Å²) in [6.07, 6.45) is -4.40. The Kier molecular flexibility index (Phi) is 3.25. The third-order valence-electron chi connectivity index (χ3n) is 1.31. The molecular weight excluding hydrogens is 265 g/mol. The summed E-state index contributed by atoms with van der Waals surface area (Å²) in [5.41, 5.74) is 0. The molecular formula is C8H6BrF3O2. The van der Waals surface area contributed by atoms with Gasteiger partial charge in [0.2, 0.25) is 0 Å². The number of alkyl halides is 3. The molecule has 78 valence electrons. The highest BCUT2D eigenvalue weighted by Gasteiger charge is 2.28. The molecule has 0 aromatic heterocycles. The van der Waals surface area contributed by atoms with Crippen molar-refractivity contribution in [1.82, 2.24) is 0 Å². The van der Waals surface area contributed by atoms with Gasteiger partial charge in [-0.1, -0.05) is 15.9 Å². The molecule has 0 bridgehead atoms. The second-order valence-corrected chi connectivity index (χ2v) is 3.43. The molecule has 0 unspecified atom stereocenters. The molecule has 0 saturated carbocycles. The van der Waals surface area contributed by atoms with Crippen LogP contribution < -0.4 is 4.74 Å². The number of phenolic OH excluding ortho intramolecular Hbond substituents is 1. The van der Waals surface area contributed by atoms with Crippen molar-refractivity contribution in [2.45, 2.75) is 6.18 Å². The molecule has 0 aliphatic carbocycles. The van der Waals surface area contributed by atoms with Crippen LogP contribution in [0.15, 0.2) is 22.7 Å². The molecule has 1 rings (SSSR count). The number of ether oxygens (including phenoxy) is 1. The molecule has 0 atom stereocenters. The van der Waals surface area contributed by atoms with Crippen molar-refractivity contribution in [1.29, 1.82) is 0 Å². The molecule has 0 radical (unpaired) electrons. The summed E-state index contributed by atoms with van der Waals surface area (Å²) in [5, 5.41) is 9.17. The first-order valence-corrected chi connectivity index (χ1v) is 4.36. The van der Waals surface area contributed by atoms with E-state index in [2.05, 4.69) is 20.7 Å². The summed E-state index contributed by atoms with van der Waals surface area (Å²) >= 11 is 3.05. The fourth-order valence-corrected chi connectivity index (χ4v) is 1.12. The molecule has 0 fully saturated rings. The van der Waals surface area contributed by atoms with Gasteiger partial charge in [0.05, 0.1) is 0 Å². The minimum absolute atomic E-state index is 0.189. The molecule has 1 N–H and O–H groups in total. The van der Waals surface area contributed by atoms with Gasteiger partial charge in [0, 0.05) is 4.47 Å². The maximum atomic E-state index is 11.7. The van der Waals surface area contributed by atoms with Crippen molar-refractivity contribution in [3.8, 4) is 11.5 Å². The number of rotatable bonds is 2. The minimum atomic E-state index is -4.40. The van der Waals surface area contributed by atoms with Gasteiger partial charge in [0.15, 0.2) is 18.1 Å². The van der Waals surface area contributed by atoms with E-state index in [0.29, 0.717) is 4.47 Å². The lowest BCUT2D eigenvalue weighted by Crippen LogP contribution is -2.19. The summed E-state index contributed by atoms with van der Waals surface area (Å²) in [6.45, 7) is -1.41. The van der Waals surface area contributed by atoms with E-state index < -0.39 is 12.8 Å². The van der Waals surface area contributed by atoms with Crippen LogP contribution in [0.5, 0.6) is 11.5 Å². The SMILES string of the molecule is Oc1cc(Br)ccc1OCC(F)(F)F. The Hall–Kier alpha value is -0.910. The molecule has 0 aliphatic rings. The average molecular weight is 271 g/mol. The lowest BCUT2D eigenvalue weighted by atomic mass is 10.3. The van der Waals surface area contributed by atoms with Gasteiger partial charge in [-0.2, -0.15) is 13.2 Å². The number of benzene rings is 1. The fourth-order valence-electron chi connectivity index (χ4n) is 0.772. The fraction of sp³-hybridized carbons (Fsp3) is 0.250. The normalized spacial score (nSPS) is 11.4. The standard InChI is InChI=1S/C8H6BrF3O2/c9-5-1-2-7(6(13)3-5)14-4-8(10,11)12/h1-3,13H,4H2. The van der Waals surface area contributed by atoms with Crippen molar-refractivity contribution in [3.63, 3.8) is 0 Å². The van der Waals surface area contributed by atoms with E-state index in [9.17, 15) is 13.2 Å². The first kappa shape index (κ1) is 11.2. The summed E-state index contributed by atoms with van der Waals surface area (Å²) in [4.78, 5) is 0. The average Bonchev–Trinajstić information content (AvgIpc) is 2.00. The number of halogens is 4. The zero-order valence-corrected chi connectivity index (χ0v) is 8.39. The topological polar surface area (TPSA) is 29.5 Å². The quantitative estimate of drug-likeness (QED) is 0.895. The van der Waals surface area contributed by atoms with Gasteiger partial charge >= 0.3 is 6.18 Å². The third kappa shape index (κ3) is 3.45. The van der Waals surface area contributed by atoms with Gasteiger partial charge in [-0.25, -0.2) is 0 Å². The molecule has 0 saturated heterocycles. The first-order chi connectivity index (χ1) is 6.38. The number of phenols is 1. The Morgan fingerprint density at radius 3 is 2.50 bits per heavy atom. The second-order valence-electron chi connectivity index (χ2n) is 2.52. The van der Waals surface area contributed by atoms with E-state index in [1.54, 1.807) is 0 Å². The lowest BCUT2D eigenvalue weighted by molar-refractivity contribution is -0.153. The van der Waals surface area contributed by atoms with E-state index in [4.69, 9.17) is 5.11 Å². The molecule has 1 aromatic carbocycles. The highest BCUT2D eigenvalue weighted by Crippen LogP contribution is 2.30. The maximum absolute atomic E-state index is 11.7. The number of hydrogen-bond acceptors (Lipinski definition) is 2. The highest BCUT2D eigenvalue weighted by atomic mass is 79.9. The molecule has 0 amide bonds. The Morgan fingerprint density at radius 1 is 1.36 bits per heavy atom. The zero-order chi connectivity index (χ0) is 10.8. The van der Waals surface area contributed by atoms with Crippen LogP contribution in [0.2, 0.25) is 0 Å². The Morgan fingerprint density at radius 2 is 2.00 bits per heavy atom. The van der Waals surface area contributed by atoms with Gasteiger partial charge < -0.3 is 9.84 Å². The van der Waals surface area contributed by atoms with Crippen LogP contribution in [0.3, 0.4) is 0 Å². The predicted octanol–water partition coefficient (Wildman–Crippen LogP) is 3.10. The molecule has 0 heterocycles. The van der Waals surface area contributed by atoms with Gasteiger partial charge in [-0.3, -0.25) is 0 Å². The number of hydrogen-bond donors (Lipinski definition) is 1. The molecule has 1 aromatic rings. The van der Waals surface area contributed by atoms with Crippen molar-refractivity contribution in [3.05, 3.63) is 22.7 Å². The predicted molar refractivity (Wildman–Crippen MR) is 47.4 cm³/mol. The third-order valence-corrected chi connectivity index (χ3v) is 1.81. The van der Waals surface area contributed by atoms with Crippen molar-refractivity contribution in [2.75, 3.05) is 6.61 Å². The van der Waals surface area contributed by atoms with E-state index in [-0.39, 0.29) is 11.5 Å². The Bertz CT molecular complexity index is 325. The van der Waals surface area contributed by atoms with Crippen LogP contribution in [-0.2, 0) is 0 Å². The van der Waals surface area contributed by atoms with Crippen LogP contribution in [0, 0.1) is 0 Å². The summed E-state index contributed by atoms with van der Waals surface area (Å²) in [7, 11) is 0. The van der Waals surface area contributed by atoms with Crippen LogP contribution in [0.4, 0.5) is 13.2 Å². The van der Waals surface area contributed by atoms with Crippen molar-refractivity contribution in [2.24, 2.45) is 0 Å². The lowest BCUT2D eigenvalue weighted by Gasteiger charge is -2.10. The zero-order valence-electron chi connectivity index (χ0n) is 6.81. The van der Waals surface area contributed by atoms with Gasteiger partial charge in [0.1, 0.15) is 0 Å². The van der Waals surface area contributed by atoms with Crippen LogP contribution in [0.25, 0.3) is 0 Å².